The van der Waals surface area contributed by atoms with Gasteiger partial charge in [0.05, 0.1) is 34.6 Å². The van der Waals surface area contributed by atoms with E-state index in [9.17, 15) is 0 Å². The lowest BCUT2D eigenvalue weighted by molar-refractivity contribution is 0.669. The van der Waals surface area contributed by atoms with Crippen molar-refractivity contribution < 1.29 is 4.42 Å². The lowest BCUT2D eigenvalue weighted by Crippen LogP contribution is -2.18. The van der Waals surface area contributed by atoms with Gasteiger partial charge in [0.25, 0.3) is 0 Å². The number of benzene rings is 7. The summed E-state index contributed by atoms with van der Waals surface area (Å²) in [6.45, 7) is 0. The number of hydrogen-bond donors (Lipinski definition) is 0. The van der Waals surface area contributed by atoms with Crippen LogP contribution in [0.5, 0.6) is 0 Å². The lowest BCUT2D eigenvalue weighted by atomic mass is 9.41. The van der Waals surface area contributed by atoms with E-state index in [2.05, 4.69) is 114 Å². The average molecular weight is 594 g/mol. The SMILES string of the molecule is [B]C([B])([B])Cc1nc2ccccc2n1-c1ccc(-c2c3ccccc3c(-c3ccc4oc5ccccc5c4c3)c3ccccc23)cc1. The van der Waals surface area contributed by atoms with Crippen LogP contribution in [0.25, 0.3) is 82.5 Å². The summed E-state index contributed by atoms with van der Waals surface area (Å²) in [6, 6.07) is 48.8. The lowest BCUT2D eigenvalue weighted by Gasteiger charge is -2.20. The van der Waals surface area contributed by atoms with Crippen LogP contribution < -0.4 is 0 Å². The van der Waals surface area contributed by atoms with Gasteiger partial charge in [0.1, 0.15) is 17.0 Å². The standard InChI is InChI=1S/C41H25B3N2O/c42-41(43,44)24-38-45-34-14-6-7-15-35(34)46(38)27-20-17-25(18-21-27)39-29-10-1-3-12-31(29)40(32-13-4-2-11-30(32)39)26-19-22-37-33(23-26)28-9-5-8-16-36(28)47-37/h1-23H,24H2. The van der Waals surface area contributed by atoms with Gasteiger partial charge in [-0.2, -0.15) is 0 Å². The Hall–Kier alpha value is -5.48. The third-order valence-electron chi connectivity index (χ3n) is 9.11. The van der Waals surface area contributed by atoms with E-state index in [-0.39, 0.29) is 6.42 Å². The highest BCUT2D eigenvalue weighted by atomic mass is 16.3. The van der Waals surface area contributed by atoms with E-state index in [1.54, 1.807) is 0 Å². The second-order valence-corrected chi connectivity index (χ2v) is 12.3. The third kappa shape index (κ3) is 4.59. The minimum Gasteiger partial charge on any atom is -0.456 e. The van der Waals surface area contributed by atoms with Crippen LogP contribution in [0.15, 0.2) is 144 Å². The zero-order chi connectivity index (χ0) is 31.7. The van der Waals surface area contributed by atoms with Crippen LogP contribution in [0, 0.1) is 0 Å². The molecule has 0 unspecified atom stereocenters. The van der Waals surface area contributed by atoms with Gasteiger partial charge in [0.2, 0.25) is 0 Å². The summed E-state index contributed by atoms with van der Waals surface area (Å²) in [6.07, 6.45) is 0.223. The fraction of sp³-hybridized carbons (Fsp3) is 0.0488. The normalized spacial score (nSPS) is 12.2. The van der Waals surface area contributed by atoms with Crippen molar-refractivity contribution in [2.45, 2.75) is 11.5 Å². The minimum absolute atomic E-state index is 0.223. The molecule has 6 radical (unpaired) electrons. The van der Waals surface area contributed by atoms with Crippen LogP contribution in [0.2, 0.25) is 5.11 Å². The quantitative estimate of drug-likeness (QED) is 0.147. The van der Waals surface area contributed by atoms with Crippen molar-refractivity contribution in [3.8, 4) is 27.9 Å². The molecule has 0 aliphatic heterocycles. The minimum atomic E-state index is -1.38. The first kappa shape index (κ1) is 27.8. The average Bonchev–Trinajstić information content (AvgIpc) is 3.63. The van der Waals surface area contributed by atoms with E-state index in [0.29, 0.717) is 5.82 Å². The van der Waals surface area contributed by atoms with E-state index >= 15 is 0 Å². The van der Waals surface area contributed by atoms with Crippen molar-refractivity contribution in [1.82, 2.24) is 9.55 Å². The number of nitrogens with zero attached hydrogens (tertiary/aromatic N) is 2. The highest BCUT2D eigenvalue weighted by Gasteiger charge is 2.20. The number of aromatic nitrogens is 2. The van der Waals surface area contributed by atoms with Crippen molar-refractivity contribution >= 4 is 78.1 Å². The Morgan fingerprint density at radius 1 is 0.532 bits per heavy atom. The van der Waals surface area contributed by atoms with Gasteiger partial charge in [-0.1, -0.05) is 97.1 Å². The van der Waals surface area contributed by atoms with E-state index in [0.717, 1.165) is 49.8 Å². The monoisotopic (exact) mass is 594 g/mol. The molecular weight excluding hydrogens is 569 g/mol. The molecule has 2 heterocycles. The van der Waals surface area contributed by atoms with Crippen LogP contribution in [0.3, 0.4) is 0 Å². The number of para-hydroxylation sites is 3. The second-order valence-electron chi connectivity index (χ2n) is 12.3. The molecule has 214 valence electrons. The summed E-state index contributed by atoms with van der Waals surface area (Å²) in [5.74, 6) is 0.717. The van der Waals surface area contributed by atoms with Gasteiger partial charge in [0, 0.05) is 16.5 Å². The Balaban J connectivity index is 1.24. The molecule has 0 atom stereocenters. The molecule has 0 fully saturated rings. The van der Waals surface area contributed by atoms with Crippen molar-refractivity contribution in [1.29, 1.82) is 0 Å². The summed E-state index contributed by atoms with van der Waals surface area (Å²) in [4.78, 5) is 4.82. The third-order valence-corrected chi connectivity index (χ3v) is 9.11. The fourth-order valence-electron chi connectivity index (χ4n) is 7.17. The van der Waals surface area contributed by atoms with Gasteiger partial charge in [-0.25, -0.2) is 4.98 Å². The summed E-state index contributed by atoms with van der Waals surface area (Å²) >= 11 is 0. The van der Waals surface area contributed by atoms with Gasteiger partial charge < -0.3 is 4.42 Å². The van der Waals surface area contributed by atoms with Gasteiger partial charge >= 0.3 is 0 Å². The van der Waals surface area contributed by atoms with E-state index < -0.39 is 5.11 Å². The fourth-order valence-corrected chi connectivity index (χ4v) is 7.17. The van der Waals surface area contributed by atoms with Crippen LogP contribution in [0.4, 0.5) is 0 Å². The smallest absolute Gasteiger partial charge is 0.135 e. The number of rotatable bonds is 5. The molecule has 0 spiro atoms. The summed E-state index contributed by atoms with van der Waals surface area (Å²) in [5.41, 5.74) is 9.30. The van der Waals surface area contributed by atoms with Crippen LogP contribution >= 0.6 is 0 Å². The zero-order valence-electron chi connectivity index (χ0n) is 25.5. The molecule has 0 amide bonds. The molecule has 9 aromatic rings. The highest BCUT2D eigenvalue weighted by molar-refractivity contribution is 6.59. The van der Waals surface area contributed by atoms with Crippen LogP contribution in [-0.2, 0) is 6.42 Å². The van der Waals surface area contributed by atoms with E-state index in [1.165, 1.54) is 32.7 Å². The largest absolute Gasteiger partial charge is 0.456 e. The maximum atomic E-state index is 6.16. The van der Waals surface area contributed by atoms with Crippen LogP contribution in [-0.4, -0.2) is 33.1 Å². The molecule has 47 heavy (non-hydrogen) atoms. The molecule has 0 saturated heterocycles. The molecule has 0 bridgehead atoms. The first-order chi connectivity index (χ1) is 22.9. The molecule has 9 rings (SSSR count). The molecular formula is C41H25B3N2O. The zero-order valence-corrected chi connectivity index (χ0v) is 25.5. The van der Waals surface area contributed by atoms with Gasteiger partial charge in [-0.15, -0.1) is 5.11 Å². The Labute approximate surface area is 276 Å². The number of fused-ring (bicyclic) bond motifs is 6. The molecule has 0 aliphatic carbocycles. The maximum absolute atomic E-state index is 6.16. The summed E-state index contributed by atoms with van der Waals surface area (Å²) < 4.78 is 8.25. The topological polar surface area (TPSA) is 31.0 Å². The first-order valence-corrected chi connectivity index (χ1v) is 15.7. The molecule has 6 heteroatoms. The molecule has 0 saturated carbocycles. The maximum Gasteiger partial charge on any atom is 0.135 e. The van der Waals surface area contributed by atoms with Crippen molar-refractivity contribution in [3.63, 3.8) is 0 Å². The van der Waals surface area contributed by atoms with Crippen molar-refractivity contribution in [2.75, 3.05) is 0 Å². The summed E-state index contributed by atoms with van der Waals surface area (Å²) in [5, 5.41) is 5.65. The first-order valence-electron chi connectivity index (χ1n) is 15.7. The van der Waals surface area contributed by atoms with Crippen molar-refractivity contribution in [3.05, 3.63) is 145 Å². The van der Waals surface area contributed by atoms with Crippen molar-refractivity contribution in [2.24, 2.45) is 0 Å². The Morgan fingerprint density at radius 3 is 1.72 bits per heavy atom. The number of hydrogen-bond acceptors (Lipinski definition) is 2. The highest BCUT2D eigenvalue weighted by Crippen LogP contribution is 2.45. The van der Waals surface area contributed by atoms with Gasteiger partial charge in [0.15, 0.2) is 0 Å². The molecule has 0 N–H and O–H groups in total. The van der Waals surface area contributed by atoms with Gasteiger partial charge in [-0.05, 0) is 92.7 Å². The Kier molecular flexibility index (Phi) is 6.23. The molecule has 3 nitrogen and oxygen atoms in total. The van der Waals surface area contributed by atoms with E-state index in [4.69, 9.17) is 32.9 Å². The number of furan rings is 1. The van der Waals surface area contributed by atoms with E-state index in [1.807, 2.05) is 30.3 Å². The molecule has 0 aliphatic rings. The molecule has 2 aromatic heterocycles. The van der Waals surface area contributed by atoms with Crippen LogP contribution in [0.1, 0.15) is 5.82 Å². The Bertz CT molecular complexity index is 2590. The molecule has 7 aromatic carbocycles. The Morgan fingerprint density at radius 2 is 1.06 bits per heavy atom. The van der Waals surface area contributed by atoms with Gasteiger partial charge in [-0.3, -0.25) is 4.57 Å². The summed E-state index contributed by atoms with van der Waals surface area (Å²) in [7, 11) is 18.1. The second kappa shape index (κ2) is 10.5. The predicted molar refractivity (Wildman–Crippen MR) is 198 cm³/mol. The predicted octanol–water partition coefficient (Wildman–Crippen LogP) is 9.69. The number of imidazole rings is 1.